The van der Waals surface area contributed by atoms with Crippen LogP contribution in [0.3, 0.4) is 0 Å². The van der Waals surface area contributed by atoms with Crippen LogP contribution in [-0.4, -0.2) is 37.1 Å². The summed E-state index contributed by atoms with van der Waals surface area (Å²) in [5, 5.41) is 3.47. The van der Waals surface area contributed by atoms with E-state index in [2.05, 4.69) is 23.7 Å². The van der Waals surface area contributed by atoms with Gasteiger partial charge in [-0.2, -0.15) is 0 Å². The summed E-state index contributed by atoms with van der Waals surface area (Å²) in [5.74, 6) is 0. The molecule has 1 saturated heterocycles. The van der Waals surface area contributed by atoms with Gasteiger partial charge >= 0.3 is 0 Å². The van der Waals surface area contributed by atoms with Gasteiger partial charge in [0.05, 0.1) is 0 Å². The number of rotatable bonds is 5. The average molecular weight is 194 g/mol. The van der Waals surface area contributed by atoms with Crippen molar-refractivity contribution in [2.24, 2.45) is 5.41 Å². The molecular weight excluding hydrogens is 172 g/mol. The molecule has 0 bridgehead atoms. The SMILES string of the molecule is C=CCN(CC1(C)CCNC1)C1CC1. The van der Waals surface area contributed by atoms with Gasteiger partial charge in [0.1, 0.15) is 0 Å². The number of hydrogen-bond acceptors (Lipinski definition) is 2. The molecule has 0 aromatic heterocycles. The second-order valence-corrected chi connectivity index (χ2v) is 5.19. The van der Waals surface area contributed by atoms with Crippen LogP contribution >= 0.6 is 0 Å². The van der Waals surface area contributed by atoms with Gasteiger partial charge in [-0.3, -0.25) is 4.90 Å². The Morgan fingerprint density at radius 3 is 2.86 bits per heavy atom. The van der Waals surface area contributed by atoms with Crippen LogP contribution in [0.1, 0.15) is 26.2 Å². The molecule has 1 aliphatic carbocycles. The van der Waals surface area contributed by atoms with E-state index in [9.17, 15) is 0 Å². The average Bonchev–Trinajstić information content (AvgIpc) is 2.91. The Morgan fingerprint density at radius 1 is 1.57 bits per heavy atom. The van der Waals surface area contributed by atoms with Crippen LogP contribution in [0.2, 0.25) is 0 Å². The van der Waals surface area contributed by atoms with E-state index in [1.165, 1.54) is 38.9 Å². The fraction of sp³-hybridized carbons (Fsp3) is 0.833. The first-order valence-electron chi connectivity index (χ1n) is 5.79. The van der Waals surface area contributed by atoms with E-state index in [0.717, 1.165) is 12.6 Å². The summed E-state index contributed by atoms with van der Waals surface area (Å²) in [4.78, 5) is 2.61. The van der Waals surface area contributed by atoms with Gasteiger partial charge < -0.3 is 5.32 Å². The van der Waals surface area contributed by atoms with Crippen LogP contribution in [-0.2, 0) is 0 Å². The van der Waals surface area contributed by atoms with Crippen molar-refractivity contribution >= 4 is 0 Å². The Bertz CT molecular complexity index is 202. The molecular formula is C12H22N2. The molecule has 1 atom stereocenters. The lowest BCUT2D eigenvalue weighted by Crippen LogP contribution is -2.38. The third kappa shape index (κ3) is 2.37. The topological polar surface area (TPSA) is 15.3 Å². The summed E-state index contributed by atoms with van der Waals surface area (Å²) < 4.78 is 0. The largest absolute Gasteiger partial charge is 0.316 e. The van der Waals surface area contributed by atoms with Crippen molar-refractivity contribution in [1.82, 2.24) is 10.2 Å². The maximum Gasteiger partial charge on any atom is 0.0163 e. The summed E-state index contributed by atoms with van der Waals surface area (Å²) in [6, 6.07) is 0.866. The van der Waals surface area contributed by atoms with Gasteiger partial charge in [0.25, 0.3) is 0 Å². The van der Waals surface area contributed by atoms with E-state index in [0.29, 0.717) is 5.41 Å². The van der Waals surface area contributed by atoms with Crippen LogP contribution in [0, 0.1) is 5.41 Å². The van der Waals surface area contributed by atoms with Crippen LogP contribution in [0.15, 0.2) is 12.7 Å². The lowest BCUT2D eigenvalue weighted by Gasteiger charge is -2.31. The Balaban J connectivity index is 1.88. The summed E-state index contributed by atoms with van der Waals surface area (Å²) in [7, 11) is 0. The van der Waals surface area contributed by atoms with Gasteiger partial charge in [-0.25, -0.2) is 0 Å². The first kappa shape index (κ1) is 10.2. The molecule has 1 aliphatic heterocycles. The van der Waals surface area contributed by atoms with Crippen molar-refractivity contribution in [3.05, 3.63) is 12.7 Å². The first-order chi connectivity index (χ1) is 6.73. The highest BCUT2D eigenvalue weighted by Crippen LogP contribution is 2.32. The molecule has 1 unspecified atom stereocenters. The maximum absolute atomic E-state index is 3.85. The third-order valence-corrected chi connectivity index (χ3v) is 3.47. The van der Waals surface area contributed by atoms with E-state index in [1.54, 1.807) is 0 Å². The summed E-state index contributed by atoms with van der Waals surface area (Å²) in [5.41, 5.74) is 0.506. The molecule has 1 heterocycles. The first-order valence-corrected chi connectivity index (χ1v) is 5.79. The van der Waals surface area contributed by atoms with Crippen molar-refractivity contribution in [2.45, 2.75) is 32.2 Å². The monoisotopic (exact) mass is 194 g/mol. The van der Waals surface area contributed by atoms with Gasteiger partial charge in [-0.05, 0) is 31.2 Å². The van der Waals surface area contributed by atoms with Crippen molar-refractivity contribution in [1.29, 1.82) is 0 Å². The predicted octanol–water partition coefficient (Wildman–Crippen LogP) is 1.64. The Labute approximate surface area is 87.4 Å². The quantitative estimate of drug-likeness (QED) is 0.669. The van der Waals surface area contributed by atoms with Crippen molar-refractivity contribution < 1.29 is 0 Å². The third-order valence-electron chi connectivity index (χ3n) is 3.47. The summed E-state index contributed by atoms with van der Waals surface area (Å²) >= 11 is 0. The van der Waals surface area contributed by atoms with Crippen LogP contribution in [0.4, 0.5) is 0 Å². The van der Waals surface area contributed by atoms with Gasteiger partial charge in [0, 0.05) is 25.7 Å². The molecule has 2 nitrogen and oxygen atoms in total. The normalized spacial score (nSPS) is 32.4. The van der Waals surface area contributed by atoms with Gasteiger partial charge in [-0.15, -0.1) is 6.58 Å². The number of nitrogens with zero attached hydrogens (tertiary/aromatic N) is 1. The van der Waals surface area contributed by atoms with Crippen LogP contribution < -0.4 is 5.32 Å². The summed E-state index contributed by atoms with van der Waals surface area (Å²) in [6.07, 6.45) is 6.17. The summed E-state index contributed by atoms with van der Waals surface area (Å²) in [6.45, 7) is 11.0. The van der Waals surface area contributed by atoms with Crippen molar-refractivity contribution in [3.63, 3.8) is 0 Å². The molecule has 0 aromatic rings. The lowest BCUT2D eigenvalue weighted by atomic mass is 9.89. The zero-order chi connectivity index (χ0) is 10.0. The van der Waals surface area contributed by atoms with E-state index in [-0.39, 0.29) is 0 Å². The molecule has 0 radical (unpaired) electrons. The van der Waals surface area contributed by atoms with Gasteiger partial charge in [-0.1, -0.05) is 13.0 Å². The van der Waals surface area contributed by atoms with Gasteiger partial charge in [0.15, 0.2) is 0 Å². The molecule has 1 N–H and O–H groups in total. The zero-order valence-electron chi connectivity index (χ0n) is 9.26. The van der Waals surface area contributed by atoms with Crippen molar-refractivity contribution in [2.75, 3.05) is 26.2 Å². The standard InChI is InChI=1S/C12H22N2/c1-3-8-14(11-4-5-11)10-12(2)6-7-13-9-12/h3,11,13H,1,4-10H2,2H3. The molecule has 2 aliphatic rings. The maximum atomic E-state index is 3.85. The predicted molar refractivity (Wildman–Crippen MR) is 60.4 cm³/mol. The molecule has 0 spiro atoms. The number of nitrogens with one attached hydrogen (secondary N) is 1. The molecule has 0 amide bonds. The van der Waals surface area contributed by atoms with E-state index in [1.807, 2.05) is 6.08 Å². The van der Waals surface area contributed by atoms with Crippen molar-refractivity contribution in [3.8, 4) is 0 Å². The molecule has 80 valence electrons. The minimum Gasteiger partial charge on any atom is -0.316 e. The molecule has 14 heavy (non-hydrogen) atoms. The lowest BCUT2D eigenvalue weighted by molar-refractivity contribution is 0.185. The molecule has 1 saturated carbocycles. The zero-order valence-corrected chi connectivity index (χ0v) is 9.26. The Hall–Kier alpha value is -0.340. The van der Waals surface area contributed by atoms with E-state index < -0.39 is 0 Å². The second-order valence-electron chi connectivity index (χ2n) is 5.19. The highest BCUT2D eigenvalue weighted by atomic mass is 15.2. The number of hydrogen-bond donors (Lipinski definition) is 1. The second kappa shape index (κ2) is 4.03. The van der Waals surface area contributed by atoms with Crippen LogP contribution in [0.5, 0.6) is 0 Å². The van der Waals surface area contributed by atoms with E-state index >= 15 is 0 Å². The highest BCUT2D eigenvalue weighted by molar-refractivity contribution is 4.94. The minimum absolute atomic E-state index is 0.506. The fourth-order valence-corrected chi connectivity index (χ4v) is 2.44. The minimum atomic E-state index is 0.506. The molecule has 2 heteroatoms. The smallest absolute Gasteiger partial charge is 0.0163 e. The van der Waals surface area contributed by atoms with E-state index in [4.69, 9.17) is 0 Å². The molecule has 2 fully saturated rings. The van der Waals surface area contributed by atoms with Crippen LogP contribution in [0.25, 0.3) is 0 Å². The Morgan fingerprint density at radius 2 is 2.36 bits per heavy atom. The van der Waals surface area contributed by atoms with Gasteiger partial charge in [0.2, 0.25) is 0 Å². The Kier molecular flexibility index (Phi) is 2.93. The fourth-order valence-electron chi connectivity index (χ4n) is 2.44. The highest BCUT2D eigenvalue weighted by Gasteiger charge is 2.35. The molecule has 0 aromatic carbocycles. The molecule has 2 rings (SSSR count).